The SMILES string of the molecule is CC(C)C(=O)Nc1ccc(NC(=O)C(NC(=O)c2cccs2)C(C)C)cc1. The van der Waals surface area contributed by atoms with E-state index in [0.717, 1.165) is 0 Å². The number of anilines is 2. The first-order chi connectivity index (χ1) is 12.8. The second-order valence-electron chi connectivity index (χ2n) is 6.88. The highest BCUT2D eigenvalue weighted by Gasteiger charge is 2.25. The molecule has 0 saturated heterocycles. The Morgan fingerprint density at radius 1 is 0.852 bits per heavy atom. The van der Waals surface area contributed by atoms with Crippen molar-refractivity contribution in [3.8, 4) is 0 Å². The maximum atomic E-state index is 12.6. The second kappa shape index (κ2) is 9.32. The summed E-state index contributed by atoms with van der Waals surface area (Å²) in [6.45, 7) is 7.40. The summed E-state index contributed by atoms with van der Waals surface area (Å²) < 4.78 is 0. The van der Waals surface area contributed by atoms with Crippen LogP contribution < -0.4 is 16.0 Å². The fourth-order valence-corrected chi connectivity index (χ4v) is 2.93. The Morgan fingerprint density at radius 2 is 1.41 bits per heavy atom. The van der Waals surface area contributed by atoms with E-state index in [9.17, 15) is 14.4 Å². The van der Waals surface area contributed by atoms with Crippen LogP contribution in [0.5, 0.6) is 0 Å². The molecule has 1 heterocycles. The first kappa shape index (κ1) is 20.6. The van der Waals surface area contributed by atoms with E-state index in [1.54, 1.807) is 36.4 Å². The van der Waals surface area contributed by atoms with Gasteiger partial charge in [-0.05, 0) is 41.6 Å². The molecule has 7 heteroatoms. The Balaban J connectivity index is 2.00. The van der Waals surface area contributed by atoms with Gasteiger partial charge < -0.3 is 16.0 Å². The predicted molar refractivity (Wildman–Crippen MR) is 109 cm³/mol. The van der Waals surface area contributed by atoms with E-state index in [0.29, 0.717) is 16.3 Å². The molecule has 1 unspecified atom stereocenters. The van der Waals surface area contributed by atoms with Gasteiger partial charge in [0.15, 0.2) is 0 Å². The van der Waals surface area contributed by atoms with Gasteiger partial charge in [0, 0.05) is 17.3 Å². The van der Waals surface area contributed by atoms with Gasteiger partial charge >= 0.3 is 0 Å². The largest absolute Gasteiger partial charge is 0.339 e. The van der Waals surface area contributed by atoms with Crippen LogP contribution in [0.15, 0.2) is 41.8 Å². The highest BCUT2D eigenvalue weighted by molar-refractivity contribution is 7.12. The van der Waals surface area contributed by atoms with Gasteiger partial charge in [0.25, 0.3) is 5.91 Å². The van der Waals surface area contributed by atoms with Crippen molar-refractivity contribution in [2.75, 3.05) is 10.6 Å². The third-order valence-electron chi connectivity index (χ3n) is 3.93. The third kappa shape index (κ3) is 5.92. The van der Waals surface area contributed by atoms with E-state index in [1.165, 1.54) is 11.3 Å². The summed E-state index contributed by atoms with van der Waals surface area (Å²) in [5.74, 6) is -0.788. The van der Waals surface area contributed by atoms with Gasteiger partial charge in [-0.3, -0.25) is 14.4 Å². The second-order valence-corrected chi connectivity index (χ2v) is 7.83. The summed E-state index contributed by atoms with van der Waals surface area (Å²) >= 11 is 1.33. The van der Waals surface area contributed by atoms with Crippen LogP contribution in [0.4, 0.5) is 11.4 Å². The molecule has 2 aromatic rings. The molecular formula is C20H25N3O3S. The molecule has 0 bridgehead atoms. The number of benzene rings is 1. The highest BCUT2D eigenvalue weighted by atomic mass is 32.1. The minimum atomic E-state index is -0.653. The van der Waals surface area contributed by atoms with Crippen LogP contribution >= 0.6 is 11.3 Å². The zero-order valence-electron chi connectivity index (χ0n) is 15.9. The summed E-state index contributed by atoms with van der Waals surface area (Å²) in [4.78, 5) is 37.2. The molecule has 0 aliphatic rings. The van der Waals surface area contributed by atoms with E-state index in [-0.39, 0.29) is 29.6 Å². The molecule has 0 radical (unpaired) electrons. The molecule has 1 aromatic carbocycles. The summed E-state index contributed by atoms with van der Waals surface area (Å²) in [6.07, 6.45) is 0. The maximum absolute atomic E-state index is 12.6. The molecule has 0 saturated carbocycles. The van der Waals surface area contributed by atoms with Crippen LogP contribution in [0.2, 0.25) is 0 Å². The average Bonchev–Trinajstić information content (AvgIpc) is 3.15. The first-order valence-corrected chi connectivity index (χ1v) is 9.72. The molecule has 3 N–H and O–H groups in total. The van der Waals surface area contributed by atoms with Crippen LogP contribution in [-0.4, -0.2) is 23.8 Å². The molecule has 1 atom stereocenters. The normalized spacial score (nSPS) is 11.9. The van der Waals surface area contributed by atoms with Crippen molar-refractivity contribution in [3.63, 3.8) is 0 Å². The van der Waals surface area contributed by atoms with Crippen molar-refractivity contribution in [2.45, 2.75) is 33.7 Å². The van der Waals surface area contributed by atoms with Crippen LogP contribution in [-0.2, 0) is 9.59 Å². The molecule has 0 aliphatic heterocycles. The van der Waals surface area contributed by atoms with E-state index in [1.807, 2.05) is 33.1 Å². The summed E-state index contributed by atoms with van der Waals surface area (Å²) in [5, 5.41) is 10.2. The van der Waals surface area contributed by atoms with Gasteiger partial charge in [-0.1, -0.05) is 33.8 Å². The minimum absolute atomic E-state index is 0.0667. The highest BCUT2D eigenvalue weighted by Crippen LogP contribution is 2.16. The van der Waals surface area contributed by atoms with Crippen molar-refractivity contribution >= 4 is 40.4 Å². The standard InChI is InChI=1S/C20H25N3O3S/c1-12(2)17(23-19(25)16-6-5-11-27-16)20(26)22-15-9-7-14(8-10-15)21-18(24)13(3)4/h5-13,17H,1-4H3,(H,21,24)(H,22,26)(H,23,25). The van der Waals surface area contributed by atoms with Crippen molar-refractivity contribution in [2.24, 2.45) is 11.8 Å². The lowest BCUT2D eigenvalue weighted by atomic mass is 10.0. The van der Waals surface area contributed by atoms with E-state index in [4.69, 9.17) is 0 Å². The molecule has 144 valence electrons. The Labute approximate surface area is 163 Å². The number of amides is 3. The van der Waals surface area contributed by atoms with Gasteiger partial charge in [0.05, 0.1) is 4.88 Å². The predicted octanol–water partition coefficient (Wildman–Crippen LogP) is 3.74. The van der Waals surface area contributed by atoms with Crippen molar-refractivity contribution in [1.29, 1.82) is 0 Å². The molecule has 0 aliphatic carbocycles. The number of hydrogen-bond acceptors (Lipinski definition) is 4. The lowest BCUT2D eigenvalue weighted by Crippen LogP contribution is -2.46. The quantitative estimate of drug-likeness (QED) is 0.676. The minimum Gasteiger partial charge on any atom is -0.339 e. The third-order valence-corrected chi connectivity index (χ3v) is 4.79. The number of thiophene rings is 1. The van der Waals surface area contributed by atoms with Gasteiger partial charge in [-0.25, -0.2) is 0 Å². The fourth-order valence-electron chi connectivity index (χ4n) is 2.30. The van der Waals surface area contributed by atoms with E-state index >= 15 is 0 Å². The summed E-state index contributed by atoms with van der Waals surface area (Å²) in [6, 6.07) is 9.75. The van der Waals surface area contributed by atoms with Gasteiger partial charge in [-0.2, -0.15) is 0 Å². The van der Waals surface area contributed by atoms with Crippen LogP contribution in [0.25, 0.3) is 0 Å². The van der Waals surface area contributed by atoms with Gasteiger partial charge in [0.2, 0.25) is 11.8 Å². The smallest absolute Gasteiger partial charge is 0.262 e. The average molecular weight is 388 g/mol. The summed E-state index contributed by atoms with van der Waals surface area (Å²) in [7, 11) is 0. The molecule has 1 aromatic heterocycles. The lowest BCUT2D eigenvalue weighted by Gasteiger charge is -2.21. The monoisotopic (exact) mass is 387 g/mol. The number of rotatable bonds is 7. The summed E-state index contributed by atoms with van der Waals surface area (Å²) in [5.41, 5.74) is 1.26. The number of nitrogens with one attached hydrogen (secondary N) is 3. The molecular weight excluding hydrogens is 362 g/mol. The molecule has 0 spiro atoms. The first-order valence-electron chi connectivity index (χ1n) is 8.84. The van der Waals surface area contributed by atoms with Crippen molar-refractivity contribution in [3.05, 3.63) is 46.7 Å². The fraction of sp³-hybridized carbons (Fsp3) is 0.350. The van der Waals surface area contributed by atoms with E-state index < -0.39 is 6.04 Å². The van der Waals surface area contributed by atoms with Crippen molar-refractivity contribution < 1.29 is 14.4 Å². The maximum Gasteiger partial charge on any atom is 0.262 e. The zero-order chi connectivity index (χ0) is 20.0. The van der Waals surface area contributed by atoms with E-state index in [2.05, 4.69) is 16.0 Å². The molecule has 27 heavy (non-hydrogen) atoms. The van der Waals surface area contributed by atoms with Crippen LogP contribution in [0.3, 0.4) is 0 Å². The number of carbonyl (C=O) groups is 3. The van der Waals surface area contributed by atoms with Crippen molar-refractivity contribution in [1.82, 2.24) is 5.32 Å². The Hall–Kier alpha value is -2.67. The lowest BCUT2D eigenvalue weighted by molar-refractivity contribution is -0.119. The van der Waals surface area contributed by atoms with Crippen LogP contribution in [0, 0.1) is 11.8 Å². The zero-order valence-corrected chi connectivity index (χ0v) is 16.7. The Kier molecular flexibility index (Phi) is 7.12. The number of hydrogen-bond donors (Lipinski definition) is 3. The molecule has 3 amide bonds. The molecule has 2 rings (SSSR count). The molecule has 6 nitrogen and oxygen atoms in total. The van der Waals surface area contributed by atoms with Crippen LogP contribution in [0.1, 0.15) is 37.4 Å². The Morgan fingerprint density at radius 3 is 1.85 bits per heavy atom. The van der Waals surface area contributed by atoms with Gasteiger partial charge in [0.1, 0.15) is 6.04 Å². The molecule has 0 fully saturated rings. The number of carbonyl (C=O) groups excluding carboxylic acids is 3. The van der Waals surface area contributed by atoms with Gasteiger partial charge in [-0.15, -0.1) is 11.3 Å². The Bertz CT molecular complexity index is 783. The topological polar surface area (TPSA) is 87.3 Å².